The fourth-order valence-corrected chi connectivity index (χ4v) is 2.75. The van der Waals surface area contributed by atoms with E-state index in [0.29, 0.717) is 5.56 Å². The zero-order valence-electron chi connectivity index (χ0n) is 14.1. The van der Waals surface area contributed by atoms with Crippen LogP contribution in [0.1, 0.15) is 34.0 Å². The summed E-state index contributed by atoms with van der Waals surface area (Å²) in [6.07, 6.45) is 4.15. The Kier molecular flexibility index (Phi) is 4.42. The van der Waals surface area contributed by atoms with E-state index in [4.69, 9.17) is 0 Å². The van der Waals surface area contributed by atoms with Gasteiger partial charge in [0.15, 0.2) is 0 Å². The molecular formula is C19H20N4O. The summed E-state index contributed by atoms with van der Waals surface area (Å²) in [7, 11) is 0. The first kappa shape index (κ1) is 15.9. The number of carbonyl (C=O) groups is 1. The monoisotopic (exact) mass is 320 g/mol. The van der Waals surface area contributed by atoms with Gasteiger partial charge in [-0.15, -0.1) is 10.2 Å². The molecule has 0 saturated heterocycles. The molecule has 0 aliphatic rings. The largest absolute Gasteiger partial charge is 0.321 e. The van der Waals surface area contributed by atoms with Crippen LogP contribution >= 0.6 is 0 Å². The summed E-state index contributed by atoms with van der Waals surface area (Å²) in [6.45, 7) is 6.05. The first-order valence-electron chi connectivity index (χ1n) is 7.95. The molecule has 0 fully saturated rings. The van der Waals surface area contributed by atoms with E-state index < -0.39 is 0 Å². The van der Waals surface area contributed by atoms with Gasteiger partial charge in [-0.3, -0.25) is 9.36 Å². The summed E-state index contributed by atoms with van der Waals surface area (Å²) in [6, 6.07) is 11.7. The first-order valence-corrected chi connectivity index (χ1v) is 7.95. The quantitative estimate of drug-likeness (QED) is 0.797. The van der Waals surface area contributed by atoms with Gasteiger partial charge in [0.1, 0.15) is 12.7 Å². The molecule has 1 aromatic heterocycles. The molecule has 5 nitrogen and oxygen atoms in total. The van der Waals surface area contributed by atoms with E-state index in [2.05, 4.69) is 28.5 Å². The Hall–Kier alpha value is -2.95. The Balaban J connectivity index is 1.94. The van der Waals surface area contributed by atoms with E-state index in [1.54, 1.807) is 12.7 Å². The number of rotatable bonds is 4. The van der Waals surface area contributed by atoms with Crippen molar-refractivity contribution < 1.29 is 4.79 Å². The van der Waals surface area contributed by atoms with Crippen LogP contribution in [0.3, 0.4) is 0 Å². The van der Waals surface area contributed by atoms with Crippen LogP contribution in [0.4, 0.5) is 5.69 Å². The number of hydrogen-bond acceptors (Lipinski definition) is 3. The van der Waals surface area contributed by atoms with Gasteiger partial charge < -0.3 is 5.32 Å². The third-order valence-corrected chi connectivity index (χ3v) is 4.02. The maximum atomic E-state index is 12.6. The molecule has 0 saturated carbocycles. The number of benzene rings is 2. The van der Waals surface area contributed by atoms with Gasteiger partial charge in [0.2, 0.25) is 0 Å². The topological polar surface area (TPSA) is 59.8 Å². The molecule has 0 unspecified atom stereocenters. The average Bonchev–Trinajstić information content (AvgIpc) is 3.11. The van der Waals surface area contributed by atoms with Crippen LogP contribution in [0.25, 0.3) is 5.69 Å². The van der Waals surface area contributed by atoms with Gasteiger partial charge in [0.25, 0.3) is 5.91 Å². The van der Waals surface area contributed by atoms with Gasteiger partial charge in [-0.05, 0) is 55.7 Å². The summed E-state index contributed by atoms with van der Waals surface area (Å²) < 4.78 is 1.86. The first-order chi connectivity index (χ1) is 11.6. The fourth-order valence-electron chi connectivity index (χ4n) is 2.75. The summed E-state index contributed by atoms with van der Waals surface area (Å²) in [5, 5.41) is 10.8. The minimum Gasteiger partial charge on any atom is -0.321 e. The molecule has 0 spiro atoms. The van der Waals surface area contributed by atoms with Crippen molar-refractivity contribution in [3.8, 4) is 5.69 Å². The Bertz CT molecular complexity index is 869. The van der Waals surface area contributed by atoms with Gasteiger partial charge in [-0.1, -0.05) is 24.6 Å². The Morgan fingerprint density at radius 2 is 1.88 bits per heavy atom. The molecular weight excluding hydrogens is 300 g/mol. The lowest BCUT2D eigenvalue weighted by atomic mass is 10.0. The molecule has 3 rings (SSSR count). The zero-order valence-corrected chi connectivity index (χ0v) is 14.1. The van der Waals surface area contributed by atoms with Crippen LogP contribution in [0.5, 0.6) is 0 Å². The molecule has 0 atom stereocenters. The summed E-state index contributed by atoms with van der Waals surface area (Å²) in [5.41, 5.74) is 5.69. The molecule has 1 heterocycles. The van der Waals surface area contributed by atoms with Gasteiger partial charge in [-0.25, -0.2) is 0 Å². The highest BCUT2D eigenvalue weighted by Crippen LogP contribution is 2.26. The van der Waals surface area contributed by atoms with Crippen molar-refractivity contribution in [2.45, 2.75) is 27.2 Å². The molecule has 5 heteroatoms. The summed E-state index contributed by atoms with van der Waals surface area (Å²) in [5.74, 6) is -0.0893. The third-order valence-electron chi connectivity index (χ3n) is 4.02. The van der Waals surface area contributed by atoms with Crippen LogP contribution in [0, 0.1) is 13.8 Å². The number of aromatic nitrogens is 3. The van der Waals surface area contributed by atoms with E-state index in [-0.39, 0.29) is 5.91 Å². The van der Waals surface area contributed by atoms with Crippen LogP contribution in [0.2, 0.25) is 0 Å². The summed E-state index contributed by atoms with van der Waals surface area (Å²) >= 11 is 0. The van der Waals surface area contributed by atoms with E-state index in [9.17, 15) is 4.79 Å². The molecule has 24 heavy (non-hydrogen) atoms. The number of nitrogens with zero attached hydrogens (tertiary/aromatic N) is 3. The molecule has 0 radical (unpaired) electrons. The number of aryl methyl sites for hydroxylation is 3. The van der Waals surface area contributed by atoms with Crippen molar-refractivity contribution in [3.05, 3.63) is 71.3 Å². The van der Waals surface area contributed by atoms with Gasteiger partial charge in [0.05, 0.1) is 0 Å². The lowest BCUT2D eigenvalue weighted by molar-refractivity contribution is 0.102. The number of anilines is 1. The molecule has 2 aromatic carbocycles. The number of carbonyl (C=O) groups excluding carboxylic acids is 1. The number of nitrogens with one attached hydrogen (secondary N) is 1. The van der Waals surface area contributed by atoms with Crippen molar-refractivity contribution in [1.29, 1.82) is 0 Å². The number of hydrogen-bond donors (Lipinski definition) is 1. The van der Waals surface area contributed by atoms with Crippen molar-refractivity contribution in [3.63, 3.8) is 0 Å². The van der Waals surface area contributed by atoms with Crippen molar-refractivity contribution in [2.75, 3.05) is 5.32 Å². The molecule has 1 N–H and O–H groups in total. The fraction of sp³-hybridized carbons (Fsp3) is 0.211. The van der Waals surface area contributed by atoms with Gasteiger partial charge in [0, 0.05) is 16.9 Å². The van der Waals surface area contributed by atoms with Gasteiger partial charge >= 0.3 is 0 Å². The lowest BCUT2D eigenvalue weighted by Gasteiger charge is -2.16. The molecule has 0 aliphatic heterocycles. The minimum absolute atomic E-state index is 0.0893. The smallest absolute Gasteiger partial charge is 0.255 e. The molecule has 0 bridgehead atoms. The second kappa shape index (κ2) is 6.66. The highest BCUT2D eigenvalue weighted by molar-refractivity contribution is 6.05. The van der Waals surface area contributed by atoms with Crippen LogP contribution in [-0.2, 0) is 6.42 Å². The Morgan fingerprint density at radius 1 is 1.12 bits per heavy atom. The Morgan fingerprint density at radius 3 is 2.54 bits per heavy atom. The minimum atomic E-state index is -0.0893. The van der Waals surface area contributed by atoms with E-state index in [1.165, 1.54) is 0 Å². The van der Waals surface area contributed by atoms with Crippen molar-refractivity contribution in [2.24, 2.45) is 0 Å². The standard InChI is InChI=1S/C19H20N4O/c1-4-15-10-17(23-11-20-21-12-23)9-14(3)18(15)22-19(24)16-7-5-6-13(2)8-16/h5-12H,4H2,1-3H3,(H,22,24). The molecule has 3 aromatic rings. The van der Waals surface area contributed by atoms with Crippen molar-refractivity contribution >= 4 is 11.6 Å². The SMILES string of the molecule is CCc1cc(-n2cnnc2)cc(C)c1NC(=O)c1cccc(C)c1. The van der Waals surface area contributed by atoms with E-state index in [1.807, 2.05) is 48.7 Å². The molecule has 122 valence electrons. The second-order valence-electron chi connectivity index (χ2n) is 5.84. The maximum absolute atomic E-state index is 12.6. The predicted octanol–water partition coefficient (Wildman–Crippen LogP) is 3.70. The normalized spacial score (nSPS) is 10.6. The van der Waals surface area contributed by atoms with Crippen LogP contribution in [0.15, 0.2) is 49.1 Å². The molecule has 1 amide bonds. The third kappa shape index (κ3) is 3.20. The Labute approximate surface area is 141 Å². The van der Waals surface area contributed by atoms with Crippen LogP contribution < -0.4 is 5.32 Å². The molecule has 0 aliphatic carbocycles. The van der Waals surface area contributed by atoms with Crippen LogP contribution in [-0.4, -0.2) is 20.7 Å². The highest BCUT2D eigenvalue weighted by Gasteiger charge is 2.13. The van der Waals surface area contributed by atoms with Crippen molar-refractivity contribution in [1.82, 2.24) is 14.8 Å². The maximum Gasteiger partial charge on any atom is 0.255 e. The van der Waals surface area contributed by atoms with Gasteiger partial charge in [-0.2, -0.15) is 0 Å². The predicted molar refractivity (Wildman–Crippen MR) is 94.6 cm³/mol. The van der Waals surface area contributed by atoms with E-state index >= 15 is 0 Å². The number of amides is 1. The lowest BCUT2D eigenvalue weighted by Crippen LogP contribution is -2.15. The highest BCUT2D eigenvalue weighted by atomic mass is 16.1. The van der Waals surface area contributed by atoms with E-state index in [0.717, 1.165) is 34.5 Å². The second-order valence-corrected chi connectivity index (χ2v) is 5.84. The summed E-state index contributed by atoms with van der Waals surface area (Å²) in [4.78, 5) is 12.6. The zero-order chi connectivity index (χ0) is 17.1. The average molecular weight is 320 g/mol.